The maximum absolute atomic E-state index is 11.7. The number of nitrogens with one attached hydrogen (secondary N) is 1. The number of carbonyl (C=O) groups is 1. The van der Waals surface area contributed by atoms with E-state index in [9.17, 15) is 4.79 Å². The summed E-state index contributed by atoms with van der Waals surface area (Å²) < 4.78 is 9.71. The van der Waals surface area contributed by atoms with Crippen molar-refractivity contribution in [2.75, 3.05) is 18.2 Å². The summed E-state index contributed by atoms with van der Waals surface area (Å²) in [6, 6.07) is 5.38. The standard InChI is InChI=1S/C14H17N3O3/c1-8-4-10(6-12(13(8)15)14(18)19-3)16-7-11-5-9(2)20-17-11/h4-6,16H,7,15H2,1-3H3. The molecule has 0 amide bonds. The SMILES string of the molecule is COC(=O)c1cc(NCc2cc(C)on2)cc(C)c1N. The Morgan fingerprint density at radius 1 is 1.40 bits per heavy atom. The molecule has 2 aromatic rings. The zero-order chi connectivity index (χ0) is 14.7. The first kappa shape index (κ1) is 13.9. The van der Waals surface area contributed by atoms with E-state index in [1.165, 1.54) is 7.11 Å². The molecule has 0 aliphatic rings. The normalized spacial score (nSPS) is 10.3. The number of hydrogen-bond donors (Lipinski definition) is 2. The van der Waals surface area contributed by atoms with Gasteiger partial charge < -0.3 is 20.3 Å². The molecule has 0 aliphatic carbocycles. The van der Waals surface area contributed by atoms with Crippen LogP contribution in [0, 0.1) is 13.8 Å². The average molecular weight is 275 g/mol. The van der Waals surface area contributed by atoms with Crippen molar-refractivity contribution in [3.8, 4) is 0 Å². The Bertz CT molecular complexity index is 635. The topological polar surface area (TPSA) is 90.4 Å². The zero-order valence-electron chi connectivity index (χ0n) is 11.7. The quantitative estimate of drug-likeness (QED) is 0.657. The second-order valence-electron chi connectivity index (χ2n) is 4.53. The van der Waals surface area contributed by atoms with E-state index in [0.717, 1.165) is 22.7 Å². The molecule has 0 atom stereocenters. The van der Waals surface area contributed by atoms with Crippen LogP contribution in [0.3, 0.4) is 0 Å². The first-order valence-corrected chi connectivity index (χ1v) is 6.15. The van der Waals surface area contributed by atoms with E-state index in [0.29, 0.717) is 17.8 Å². The second kappa shape index (κ2) is 5.64. The molecule has 0 bridgehead atoms. The van der Waals surface area contributed by atoms with Gasteiger partial charge in [-0.25, -0.2) is 4.79 Å². The number of carbonyl (C=O) groups excluding carboxylic acids is 1. The Morgan fingerprint density at radius 3 is 2.75 bits per heavy atom. The first-order valence-electron chi connectivity index (χ1n) is 6.15. The van der Waals surface area contributed by atoms with Crippen molar-refractivity contribution in [3.63, 3.8) is 0 Å². The van der Waals surface area contributed by atoms with Crippen molar-refractivity contribution >= 4 is 17.3 Å². The lowest BCUT2D eigenvalue weighted by Gasteiger charge is -2.11. The molecule has 1 aromatic heterocycles. The highest BCUT2D eigenvalue weighted by Crippen LogP contribution is 2.24. The van der Waals surface area contributed by atoms with Gasteiger partial charge in [0.05, 0.1) is 19.2 Å². The van der Waals surface area contributed by atoms with E-state index < -0.39 is 5.97 Å². The van der Waals surface area contributed by atoms with Gasteiger partial charge >= 0.3 is 5.97 Å². The average Bonchev–Trinajstić information content (AvgIpc) is 2.85. The van der Waals surface area contributed by atoms with Gasteiger partial charge in [0.15, 0.2) is 0 Å². The Kier molecular flexibility index (Phi) is 3.93. The van der Waals surface area contributed by atoms with Gasteiger partial charge in [0, 0.05) is 17.4 Å². The first-order chi connectivity index (χ1) is 9.51. The number of nitrogen functional groups attached to an aromatic ring is 1. The van der Waals surface area contributed by atoms with Crippen molar-refractivity contribution in [2.45, 2.75) is 20.4 Å². The molecule has 2 rings (SSSR count). The molecule has 3 N–H and O–H groups in total. The fourth-order valence-electron chi connectivity index (χ4n) is 1.87. The van der Waals surface area contributed by atoms with Gasteiger partial charge in [0.2, 0.25) is 0 Å². The fraction of sp³-hybridized carbons (Fsp3) is 0.286. The number of rotatable bonds is 4. The van der Waals surface area contributed by atoms with E-state index in [1.54, 1.807) is 6.07 Å². The molecular formula is C14H17N3O3. The van der Waals surface area contributed by atoms with Crippen LogP contribution in [0.2, 0.25) is 0 Å². The van der Waals surface area contributed by atoms with Crippen LogP contribution in [0.15, 0.2) is 22.7 Å². The van der Waals surface area contributed by atoms with Gasteiger partial charge in [-0.15, -0.1) is 0 Å². The third kappa shape index (κ3) is 2.90. The summed E-state index contributed by atoms with van der Waals surface area (Å²) in [5, 5.41) is 7.07. The van der Waals surface area contributed by atoms with Crippen molar-refractivity contribution in [1.82, 2.24) is 5.16 Å². The van der Waals surface area contributed by atoms with Crippen LogP contribution in [-0.2, 0) is 11.3 Å². The van der Waals surface area contributed by atoms with E-state index in [1.807, 2.05) is 26.0 Å². The molecule has 20 heavy (non-hydrogen) atoms. The van der Waals surface area contributed by atoms with Crippen molar-refractivity contribution in [3.05, 3.63) is 40.8 Å². The molecule has 0 radical (unpaired) electrons. The van der Waals surface area contributed by atoms with E-state index in [-0.39, 0.29) is 0 Å². The molecule has 0 fully saturated rings. The number of aromatic nitrogens is 1. The molecule has 6 nitrogen and oxygen atoms in total. The van der Waals surface area contributed by atoms with Crippen LogP contribution in [0.4, 0.5) is 11.4 Å². The summed E-state index contributed by atoms with van der Waals surface area (Å²) in [5.74, 6) is 0.303. The minimum absolute atomic E-state index is 0.353. The van der Waals surface area contributed by atoms with Gasteiger partial charge in [-0.2, -0.15) is 0 Å². The van der Waals surface area contributed by atoms with E-state index in [2.05, 4.69) is 10.5 Å². The Morgan fingerprint density at radius 2 is 2.15 bits per heavy atom. The highest BCUT2D eigenvalue weighted by atomic mass is 16.5. The maximum Gasteiger partial charge on any atom is 0.340 e. The lowest BCUT2D eigenvalue weighted by molar-refractivity contribution is 0.0602. The molecule has 106 valence electrons. The van der Waals surface area contributed by atoms with Crippen LogP contribution in [-0.4, -0.2) is 18.2 Å². The summed E-state index contributed by atoms with van der Waals surface area (Å²) in [6.45, 7) is 4.17. The molecular weight excluding hydrogens is 258 g/mol. The van der Waals surface area contributed by atoms with Gasteiger partial charge in [-0.3, -0.25) is 0 Å². The highest BCUT2D eigenvalue weighted by Gasteiger charge is 2.13. The number of ether oxygens (including phenoxy) is 1. The molecule has 0 aliphatic heterocycles. The smallest absolute Gasteiger partial charge is 0.340 e. The molecule has 0 spiro atoms. The molecule has 0 saturated heterocycles. The lowest BCUT2D eigenvalue weighted by atomic mass is 10.1. The summed E-state index contributed by atoms with van der Waals surface area (Å²) >= 11 is 0. The van der Waals surface area contributed by atoms with Crippen molar-refractivity contribution in [2.24, 2.45) is 0 Å². The maximum atomic E-state index is 11.7. The van der Waals surface area contributed by atoms with Crippen LogP contribution >= 0.6 is 0 Å². The zero-order valence-corrected chi connectivity index (χ0v) is 11.7. The molecule has 0 unspecified atom stereocenters. The molecule has 1 aromatic carbocycles. The number of nitrogens with zero attached hydrogens (tertiary/aromatic N) is 1. The summed E-state index contributed by atoms with van der Waals surface area (Å²) in [7, 11) is 1.33. The Hall–Kier alpha value is -2.50. The van der Waals surface area contributed by atoms with Crippen molar-refractivity contribution in [1.29, 1.82) is 0 Å². The van der Waals surface area contributed by atoms with Gasteiger partial charge in [0.25, 0.3) is 0 Å². The number of anilines is 2. The van der Waals surface area contributed by atoms with Crippen molar-refractivity contribution < 1.29 is 14.1 Å². The monoisotopic (exact) mass is 275 g/mol. The summed E-state index contributed by atoms with van der Waals surface area (Å²) in [6.07, 6.45) is 0. The number of benzene rings is 1. The third-order valence-electron chi connectivity index (χ3n) is 2.94. The highest BCUT2D eigenvalue weighted by molar-refractivity contribution is 5.97. The fourth-order valence-corrected chi connectivity index (χ4v) is 1.87. The minimum atomic E-state index is -0.452. The largest absolute Gasteiger partial charge is 0.465 e. The number of esters is 1. The van der Waals surface area contributed by atoms with E-state index in [4.69, 9.17) is 15.0 Å². The van der Waals surface area contributed by atoms with Gasteiger partial charge in [-0.05, 0) is 31.5 Å². The van der Waals surface area contributed by atoms with E-state index >= 15 is 0 Å². The predicted octanol–water partition coefficient (Wildman–Crippen LogP) is 2.27. The Labute approximate surface area is 116 Å². The molecule has 6 heteroatoms. The van der Waals surface area contributed by atoms with Crippen LogP contribution < -0.4 is 11.1 Å². The Balaban J connectivity index is 2.19. The van der Waals surface area contributed by atoms with Crippen LogP contribution in [0.25, 0.3) is 0 Å². The predicted molar refractivity (Wildman–Crippen MR) is 75.5 cm³/mol. The number of nitrogens with two attached hydrogens (primary N) is 1. The minimum Gasteiger partial charge on any atom is -0.465 e. The van der Waals surface area contributed by atoms with Gasteiger partial charge in [-0.1, -0.05) is 5.16 Å². The molecule has 1 heterocycles. The lowest BCUT2D eigenvalue weighted by Crippen LogP contribution is -2.09. The van der Waals surface area contributed by atoms with Crippen LogP contribution in [0.1, 0.15) is 27.4 Å². The summed E-state index contributed by atoms with van der Waals surface area (Å²) in [5.41, 5.74) is 9.04. The van der Waals surface area contributed by atoms with Crippen LogP contribution in [0.5, 0.6) is 0 Å². The van der Waals surface area contributed by atoms with Gasteiger partial charge in [0.1, 0.15) is 11.5 Å². The second-order valence-corrected chi connectivity index (χ2v) is 4.53. The molecule has 0 saturated carbocycles. The third-order valence-corrected chi connectivity index (χ3v) is 2.94. The number of aryl methyl sites for hydroxylation is 2. The summed E-state index contributed by atoms with van der Waals surface area (Å²) in [4.78, 5) is 11.7. The number of methoxy groups -OCH3 is 1. The number of hydrogen-bond acceptors (Lipinski definition) is 6.